The van der Waals surface area contributed by atoms with E-state index in [0.717, 1.165) is 13.0 Å². The van der Waals surface area contributed by atoms with E-state index >= 15 is 0 Å². The highest BCUT2D eigenvalue weighted by atomic mass is 32.2. The number of benzene rings is 2. The van der Waals surface area contributed by atoms with Gasteiger partial charge in [-0.3, -0.25) is 15.2 Å². The summed E-state index contributed by atoms with van der Waals surface area (Å²) in [6, 6.07) is 20.3. The largest absolute Gasteiger partial charge is 0.340 e. The first-order valence-corrected chi connectivity index (χ1v) is 9.71. The summed E-state index contributed by atoms with van der Waals surface area (Å²) in [5.41, 5.74) is 8.82. The summed E-state index contributed by atoms with van der Waals surface area (Å²) < 4.78 is 0. The molecule has 27 heavy (non-hydrogen) atoms. The standard InChI is InChI=1S/C21H20N4OS/c26-21(16-10-13-22-14-11-16)24-23-12-5-15-25-17-6-1-3-8-19(17)27-20-9-4-2-7-18(20)25/h1-4,6-11,13-14,23H,5,12,15H2,(H,24,26). The molecule has 136 valence electrons. The van der Waals surface area contributed by atoms with E-state index < -0.39 is 0 Å². The van der Waals surface area contributed by atoms with Gasteiger partial charge in [0.25, 0.3) is 5.91 Å². The maximum atomic E-state index is 12.0. The van der Waals surface area contributed by atoms with Gasteiger partial charge in [0.1, 0.15) is 0 Å². The summed E-state index contributed by atoms with van der Waals surface area (Å²) in [5, 5.41) is 0. The number of hydrogen-bond acceptors (Lipinski definition) is 5. The molecule has 5 nitrogen and oxygen atoms in total. The van der Waals surface area contributed by atoms with Crippen LogP contribution in [0.15, 0.2) is 82.8 Å². The van der Waals surface area contributed by atoms with Gasteiger partial charge in [-0.25, -0.2) is 5.43 Å². The van der Waals surface area contributed by atoms with Gasteiger partial charge in [-0.1, -0.05) is 36.0 Å². The van der Waals surface area contributed by atoms with Gasteiger partial charge in [-0.05, 0) is 42.8 Å². The Hall–Kier alpha value is -2.83. The molecule has 0 spiro atoms. The Labute approximate surface area is 162 Å². The van der Waals surface area contributed by atoms with Crippen LogP contribution in [0, 0.1) is 0 Å². The lowest BCUT2D eigenvalue weighted by Crippen LogP contribution is -2.39. The number of hydrazine groups is 1. The molecule has 0 atom stereocenters. The molecule has 0 saturated heterocycles. The van der Waals surface area contributed by atoms with Gasteiger partial charge in [0.05, 0.1) is 11.4 Å². The smallest absolute Gasteiger partial charge is 0.265 e. The summed E-state index contributed by atoms with van der Waals surface area (Å²) in [7, 11) is 0. The van der Waals surface area contributed by atoms with Crippen molar-refractivity contribution in [3.63, 3.8) is 0 Å². The quantitative estimate of drug-likeness (QED) is 0.503. The molecule has 2 aromatic carbocycles. The number of para-hydroxylation sites is 2. The van der Waals surface area contributed by atoms with Crippen molar-refractivity contribution in [2.45, 2.75) is 16.2 Å². The van der Waals surface area contributed by atoms with Crippen LogP contribution in [0.2, 0.25) is 0 Å². The van der Waals surface area contributed by atoms with Crippen molar-refractivity contribution in [2.75, 3.05) is 18.0 Å². The third kappa shape index (κ3) is 3.97. The van der Waals surface area contributed by atoms with Crippen LogP contribution in [0.3, 0.4) is 0 Å². The van der Waals surface area contributed by atoms with E-state index in [0.29, 0.717) is 12.1 Å². The van der Waals surface area contributed by atoms with E-state index in [1.165, 1.54) is 21.2 Å². The van der Waals surface area contributed by atoms with Gasteiger partial charge in [0.15, 0.2) is 0 Å². The fourth-order valence-electron chi connectivity index (χ4n) is 3.07. The molecule has 0 bridgehead atoms. The lowest BCUT2D eigenvalue weighted by molar-refractivity contribution is 0.0933. The minimum atomic E-state index is -0.150. The summed E-state index contributed by atoms with van der Waals surface area (Å²) in [6.07, 6.45) is 4.11. The summed E-state index contributed by atoms with van der Waals surface area (Å²) >= 11 is 1.81. The average Bonchev–Trinajstić information content (AvgIpc) is 2.73. The summed E-state index contributed by atoms with van der Waals surface area (Å²) in [5.74, 6) is -0.150. The zero-order valence-electron chi connectivity index (χ0n) is 14.8. The van der Waals surface area contributed by atoms with Gasteiger partial charge in [0.2, 0.25) is 0 Å². The Balaban J connectivity index is 1.35. The number of carbonyl (C=O) groups excluding carboxylic acids is 1. The number of anilines is 2. The molecule has 1 aromatic heterocycles. The second-order valence-electron chi connectivity index (χ2n) is 6.16. The third-order valence-corrected chi connectivity index (χ3v) is 5.49. The van der Waals surface area contributed by atoms with Gasteiger partial charge in [-0.2, -0.15) is 0 Å². The van der Waals surface area contributed by atoms with Gasteiger partial charge < -0.3 is 4.90 Å². The molecule has 0 radical (unpaired) electrons. The molecule has 0 unspecified atom stereocenters. The van der Waals surface area contributed by atoms with Crippen molar-refractivity contribution in [3.05, 3.63) is 78.6 Å². The molecule has 4 rings (SSSR count). The Morgan fingerprint density at radius 1 is 0.926 bits per heavy atom. The predicted octanol–water partition coefficient (Wildman–Crippen LogP) is 4.01. The Bertz CT molecular complexity index is 887. The molecule has 0 aliphatic carbocycles. The zero-order valence-corrected chi connectivity index (χ0v) is 15.6. The van der Waals surface area contributed by atoms with Crippen LogP contribution in [0.25, 0.3) is 0 Å². The fraction of sp³-hybridized carbons (Fsp3) is 0.143. The first-order valence-electron chi connectivity index (χ1n) is 8.89. The highest BCUT2D eigenvalue weighted by Gasteiger charge is 2.22. The maximum absolute atomic E-state index is 12.0. The van der Waals surface area contributed by atoms with Crippen LogP contribution >= 0.6 is 11.8 Å². The lowest BCUT2D eigenvalue weighted by atomic mass is 10.2. The van der Waals surface area contributed by atoms with Crippen molar-refractivity contribution < 1.29 is 4.79 Å². The number of fused-ring (bicyclic) bond motifs is 2. The molecule has 2 heterocycles. The molecule has 2 N–H and O–H groups in total. The number of rotatable bonds is 6. The Kier molecular flexibility index (Phi) is 5.37. The number of nitrogens with one attached hydrogen (secondary N) is 2. The molecule has 6 heteroatoms. The average molecular weight is 376 g/mol. The van der Waals surface area contributed by atoms with Gasteiger partial charge in [0, 0.05) is 40.8 Å². The summed E-state index contributed by atoms with van der Waals surface area (Å²) in [4.78, 5) is 20.8. The summed E-state index contributed by atoms with van der Waals surface area (Å²) in [6.45, 7) is 1.55. The number of pyridine rings is 1. The molecule has 0 saturated carbocycles. The minimum Gasteiger partial charge on any atom is -0.340 e. The van der Waals surface area contributed by atoms with Crippen LogP contribution in [0.4, 0.5) is 11.4 Å². The van der Waals surface area contributed by atoms with Crippen molar-refractivity contribution in [3.8, 4) is 0 Å². The van der Waals surface area contributed by atoms with Crippen LogP contribution in [-0.2, 0) is 0 Å². The first kappa shape index (κ1) is 17.6. The number of amides is 1. The molecule has 0 fully saturated rings. The predicted molar refractivity (Wildman–Crippen MR) is 108 cm³/mol. The molecular formula is C21H20N4OS. The van der Waals surface area contributed by atoms with Gasteiger partial charge >= 0.3 is 0 Å². The molecule has 1 aliphatic rings. The second kappa shape index (κ2) is 8.24. The van der Waals surface area contributed by atoms with Crippen LogP contribution in [0.5, 0.6) is 0 Å². The zero-order chi connectivity index (χ0) is 18.5. The van der Waals surface area contributed by atoms with Gasteiger partial charge in [-0.15, -0.1) is 0 Å². The third-order valence-electron chi connectivity index (χ3n) is 4.36. The van der Waals surface area contributed by atoms with E-state index in [-0.39, 0.29) is 5.91 Å². The van der Waals surface area contributed by atoms with Crippen molar-refractivity contribution >= 4 is 29.0 Å². The minimum absolute atomic E-state index is 0.150. The second-order valence-corrected chi connectivity index (χ2v) is 7.24. The van der Waals surface area contributed by atoms with E-state index in [1.807, 2.05) is 11.8 Å². The maximum Gasteiger partial charge on any atom is 0.265 e. The number of aromatic nitrogens is 1. The monoisotopic (exact) mass is 376 g/mol. The van der Waals surface area contributed by atoms with Crippen molar-refractivity contribution in [1.29, 1.82) is 0 Å². The highest BCUT2D eigenvalue weighted by molar-refractivity contribution is 7.99. The fourth-order valence-corrected chi connectivity index (χ4v) is 4.16. The number of hydrogen-bond donors (Lipinski definition) is 2. The lowest BCUT2D eigenvalue weighted by Gasteiger charge is -2.32. The van der Waals surface area contributed by atoms with E-state index in [4.69, 9.17) is 0 Å². The van der Waals surface area contributed by atoms with E-state index in [1.54, 1.807) is 24.5 Å². The first-order chi connectivity index (χ1) is 13.3. The molecule has 1 amide bonds. The van der Waals surface area contributed by atoms with E-state index in [2.05, 4.69) is 69.3 Å². The van der Waals surface area contributed by atoms with Crippen LogP contribution in [0.1, 0.15) is 16.8 Å². The number of carbonyl (C=O) groups is 1. The molecule has 1 aliphatic heterocycles. The Morgan fingerprint density at radius 2 is 1.56 bits per heavy atom. The SMILES string of the molecule is O=C(NNCCCN1c2ccccc2Sc2ccccc21)c1ccncc1. The topological polar surface area (TPSA) is 57.3 Å². The normalized spacial score (nSPS) is 12.2. The Morgan fingerprint density at radius 3 is 2.22 bits per heavy atom. The van der Waals surface area contributed by atoms with Crippen LogP contribution in [-0.4, -0.2) is 24.0 Å². The van der Waals surface area contributed by atoms with Crippen molar-refractivity contribution in [2.24, 2.45) is 0 Å². The highest BCUT2D eigenvalue weighted by Crippen LogP contribution is 2.47. The van der Waals surface area contributed by atoms with Crippen LogP contribution < -0.4 is 15.8 Å². The molecule has 3 aromatic rings. The molecular weight excluding hydrogens is 356 g/mol. The van der Waals surface area contributed by atoms with E-state index in [9.17, 15) is 4.79 Å². The van der Waals surface area contributed by atoms with Crippen molar-refractivity contribution in [1.82, 2.24) is 15.8 Å². The number of nitrogens with zero attached hydrogens (tertiary/aromatic N) is 2.